The van der Waals surface area contributed by atoms with Crippen molar-refractivity contribution in [3.63, 3.8) is 0 Å². The number of nitrogens with one attached hydrogen (secondary N) is 1. The summed E-state index contributed by atoms with van der Waals surface area (Å²) in [6.07, 6.45) is 2.10. The van der Waals surface area contributed by atoms with E-state index in [4.69, 9.17) is 0 Å². The molecule has 5 heteroatoms. The van der Waals surface area contributed by atoms with E-state index in [1.807, 2.05) is 0 Å². The molecule has 0 spiro atoms. The number of halogens is 1. The van der Waals surface area contributed by atoms with Gasteiger partial charge in [0.05, 0.1) is 17.6 Å². The van der Waals surface area contributed by atoms with E-state index in [0.29, 0.717) is 17.4 Å². The SMILES string of the molecule is CC(C)c1nc(-c2ccc(F)cn2)nc2c1CNCC2. The van der Waals surface area contributed by atoms with Crippen LogP contribution in [0.2, 0.25) is 0 Å². The number of pyridine rings is 1. The van der Waals surface area contributed by atoms with E-state index >= 15 is 0 Å². The van der Waals surface area contributed by atoms with Gasteiger partial charge in [-0.25, -0.2) is 19.3 Å². The molecule has 1 N–H and O–H groups in total. The Labute approximate surface area is 117 Å². The second kappa shape index (κ2) is 5.25. The normalized spacial score (nSPS) is 14.4. The summed E-state index contributed by atoms with van der Waals surface area (Å²) in [7, 11) is 0. The zero-order valence-electron chi connectivity index (χ0n) is 11.7. The first-order valence-corrected chi connectivity index (χ1v) is 6.87. The number of aromatic nitrogens is 3. The average Bonchev–Trinajstić information content (AvgIpc) is 2.46. The van der Waals surface area contributed by atoms with Crippen molar-refractivity contribution in [2.75, 3.05) is 6.54 Å². The molecular formula is C15H17FN4. The zero-order valence-corrected chi connectivity index (χ0v) is 11.7. The minimum absolute atomic E-state index is 0.325. The maximum absolute atomic E-state index is 13.0. The molecule has 3 heterocycles. The molecule has 0 saturated carbocycles. The smallest absolute Gasteiger partial charge is 0.178 e. The number of rotatable bonds is 2. The highest BCUT2D eigenvalue weighted by atomic mass is 19.1. The first kappa shape index (κ1) is 13.1. The Morgan fingerprint density at radius 3 is 2.80 bits per heavy atom. The molecular weight excluding hydrogens is 255 g/mol. The van der Waals surface area contributed by atoms with Crippen LogP contribution >= 0.6 is 0 Å². The van der Waals surface area contributed by atoms with Gasteiger partial charge in [0.2, 0.25) is 0 Å². The zero-order chi connectivity index (χ0) is 14.1. The number of fused-ring (bicyclic) bond motifs is 1. The van der Waals surface area contributed by atoms with Crippen molar-refractivity contribution in [3.8, 4) is 11.5 Å². The van der Waals surface area contributed by atoms with Gasteiger partial charge in [-0.2, -0.15) is 0 Å². The summed E-state index contributed by atoms with van der Waals surface area (Å²) < 4.78 is 13.0. The number of nitrogens with zero attached hydrogens (tertiary/aromatic N) is 3. The van der Waals surface area contributed by atoms with Crippen molar-refractivity contribution in [1.82, 2.24) is 20.3 Å². The van der Waals surface area contributed by atoms with Gasteiger partial charge in [0.25, 0.3) is 0 Å². The molecule has 0 bridgehead atoms. The lowest BCUT2D eigenvalue weighted by Gasteiger charge is -2.21. The van der Waals surface area contributed by atoms with Crippen LogP contribution in [0.15, 0.2) is 18.3 Å². The van der Waals surface area contributed by atoms with Crippen molar-refractivity contribution in [3.05, 3.63) is 41.1 Å². The molecule has 0 radical (unpaired) electrons. The standard InChI is InChI=1S/C15H17FN4/c1-9(2)14-11-8-17-6-5-12(11)19-15(20-14)13-4-3-10(16)7-18-13/h3-4,7,9,17H,5-6,8H2,1-2H3. The van der Waals surface area contributed by atoms with Gasteiger partial charge < -0.3 is 5.32 Å². The fraction of sp³-hybridized carbons (Fsp3) is 0.400. The Bertz CT molecular complexity index is 623. The molecule has 0 atom stereocenters. The molecule has 0 aliphatic carbocycles. The molecule has 0 aromatic carbocycles. The van der Waals surface area contributed by atoms with Crippen molar-refractivity contribution in [1.29, 1.82) is 0 Å². The van der Waals surface area contributed by atoms with Crippen LogP contribution in [0.1, 0.15) is 36.7 Å². The topological polar surface area (TPSA) is 50.7 Å². The molecule has 3 rings (SSSR count). The number of hydrogen-bond acceptors (Lipinski definition) is 4. The van der Waals surface area contributed by atoms with Gasteiger partial charge >= 0.3 is 0 Å². The summed E-state index contributed by atoms with van der Waals surface area (Å²) in [5, 5.41) is 3.36. The Kier molecular flexibility index (Phi) is 3.44. The Balaban J connectivity index is 2.12. The molecule has 0 unspecified atom stereocenters. The van der Waals surface area contributed by atoms with E-state index < -0.39 is 0 Å². The molecule has 20 heavy (non-hydrogen) atoms. The van der Waals surface area contributed by atoms with Crippen molar-refractivity contribution >= 4 is 0 Å². The highest BCUT2D eigenvalue weighted by Crippen LogP contribution is 2.25. The summed E-state index contributed by atoms with van der Waals surface area (Å²) in [6.45, 7) is 6.00. The van der Waals surface area contributed by atoms with Crippen LogP contribution in [0.4, 0.5) is 4.39 Å². The monoisotopic (exact) mass is 272 g/mol. The molecule has 0 saturated heterocycles. The van der Waals surface area contributed by atoms with Crippen molar-refractivity contribution in [2.45, 2.75) is 32.7 Å². The molecule has 0 amide bonds. The second-order valence-electron chi connectivity index (χ2n) is 5.30. The van der Waals surface area contributed by atoms with Crippen LogP contribution in [0.3, 0.4) is 0 Å². The summed E-state index contributed by atoms with van der Waals surface area (Å²) in [6, 6.07) is 3.02. The van der Waals surface area contributed by atoms with E-state index in [1.165, 1.54) is 17.8 Å². The Morgan fingerprint density at radius 1 is 1.25 bits per heavy atom. The van der Waals surface area contributed by atoms with Gasteiger partial charge in [-0.15, -0.1) is 0 Å². The van der Waals surface area contributed by atoms with E-state index in [1.54, 1.807) is 6.07 Å². The lowest BCUT2D eigenvalue weighted by atomic mass is 9.98. The third-order valence-electron chi connectivity index (χ3n) is 3.47. The maximum Gasteiger partial charge on any atom is 0.178 e. The van der Waals surface area contributed by atoms with Crippen molar-refractivity contribution < 1.29 is 4.39 Å². The predicted octanol–water partition coefficient (Wildman–Crippen LogP) is 2.45. The van der Waals surface area contributed by atoms with Crippen LogP contribution in [0.25, 0.3) is 11.5 Å². The molecule has 2 aromatic rings. The predicted molar refractivity (Wildman–Crippen MR) is 74.7 cm³/mol. The average molecular weight is 272 g/mol. The van der Waals surface area contributed by atoms with Gasteiger partial charge in [-0.3, -0.25) is 0 Å². The first-order chi connectivity index (χ1) is 9.65. The van der Waals surface area contributed by atoms with Crippen molar-refractivity contribution in [2.24, 2.45) is 0 Å². The van der Waals surface area contributed by atoms with Crippen LogP contribution in [-0.4, -0.2) is 21.5 Å². The van der Waals surface area contributed by atoms with Crippen LogP contribution in [0, 0.1) is 5.82 Å². The summed E-state index contributed by atoms with van der Waals surface area (Å²) in [4.78, 5) is 13.4. The molecule has 104 valence electrons. The van der Waals surface area contributed by atoms with Gasteiger partial charge in [0.1, 0.15) is 11.5 Å². The third-order valence-corrected chi connectivity index (χ3v) is 3.47. The van der Waals surface area contributed by atoms with E-state index in [-0.39, 0.29) is 5.82 Å². The summed E-state index contributed by atoms with van der Waals surface area (Å²) in [5.74, 6) is 0.570. The third kappa shape index (κ3) is 2.41. The first-order valence-electron chi connectivity index (χ1n) is 6.87. The summed E-state index contributed by atoms with van der Waals surface area (Å²) >= 11 is 0. The Hall–Kier alpha value is -1.88. The fourth-order valence-electron chi connectivity index (χ4n) is 2.47. The minimum atomic E-state index is -0.347. The van der Waals surface area contributed by atoms with Gasteiger partial charge in [0.15, 0.2) is 5.82 Å². The molecule has 2 aromatic heterocycles. The molecule has 4 nitrogen and oxygen atoms in total. The quantitative estimate of drug-likeness (QED) is 0.912. The van der Waals surface area contributed by atoms with E-state index in [2.05, 4.69) is 34.1 Å². The van der Waals surface area contributed by atoms with Crippen LogP contribution in [0.5, 0.6) is 0 Å². The molecule has 0 fully saturated rings. The van der Waals surface area contributed by atoms with E-state index in [9.17, 15) is 4.39 Å². The highest BCUT2D eigenvalue weighted by molar-refractivity contribution is 5.51. The van der Waals surface area contributed by atoms with Gasteiger partial charge in [-0.05, 0) is 18.1 Å². The molecule has 1 aliphatic rings. The minimum Gasteiger partial charge on any atom is -0.312 e. The van der Waals surface area contributed by atoms with Gasteiger partial charge in [0, 0.05) is 25.1 Å². The molecule has 1 aliphatic heterocycles. The van der Waals surface area contributed by atoms with E-state index in [0.717, 1.165) is 30.9 Å². The lowest BCUT2D eigenvalue weighted by molar-refractivity contribution is 0.608. The maximum atomic E-state index is 13.0. The van der Waals surface area contributed by atoms with Crippen LogP contribution < -0.4 is 5.32 Å². The lowest BCUT2D eigenvalue weighted by Crippen LogP contribution is -2.27. The number of hydrogen-bond donors (Lipinski definition) is 1. The summed E-state index contributed by atoms with van der Waals surface area (Å²) in [5.41, 5.74) is 3.97. The Morgan fingerprint density at radius 2 is 2.10 bits per heavy atom. The highest BCUT2D eigenvalue weighted by Gasteiger charge is 2.20. The van der Waals surface area contributed by atoms with Crippen LogP contribution in [-0.2, 0) is 13.0 Å². The fourth-order valence-corrected chi connectivity index (χ4v) is 2.47. The second-order valence-corrected chi connectivity index (χ2v) is 5.30. The largest absolute Gasteiger partial charge is 0.312 e. The van der Waals surface area contributed by atoms with Gasteiger partial charge in [-0.1, -0.05) is 13.8 Å².